The molecule has 1 unspecified atom stereocenters. The van der Waals surface area contributed by atoms with Gasteiger partial charge in [-0.3, -0.25) is 0 Å². The van der Waals surface area contributed by atoms with Gasteiger partial charge in [0.1, 0.15) is 5.82 Å². The number of benzene rings is 1. The number of hydrogen-bond acceptors (Lipinski definition) is 2. The number of rotatable bonds is 2. The van der Waals surface area contributed by atoms with Crippen LogP contribution in [0.2, 0.25) is 0 Å². The van der Waals surface area contributed by atoms with Crippen LogP contribution in [0.1, 0.15) is 23.1 Å². The third kappa shape index (κ3) is 1.79. The van der Waals surface area contributed by atoms with Crippen LogP contribution < -0.4 is 0 Å². The molecule has 1 N–H and O–H groups in total. The first kappa shape index (κ1) is 10.9. The summed E-state index contributed by atoms with van der Waals surface area (Å²) in [5, 5.41) is 14.7. The van der Waals surface area contributed by atoms with E-state index in [9.17, 15) is 9.50 Å². The van der Waals surface area contributed by atoms with Gasteiger partial charge < -0.3 is 5.11 Å². The molecule has 1 aliphatic carbocycles. The average Bonchev–Trinajstić information content (AvgIpc) is 2.90. The summed E-state index contributed by atoms with van der Waals surface area (Å²) >= 11 is 1.62. The molecule has 0 bridgehead atoms. The van der Waals surface area contributed by atoms with Crippen LogP contribution in [0.5, 0.6) is 0 Å². The highest BCUT2D eigenvalue weighted by Gasteiger charge is 2.37. The summed E-state index contributed by atoms with van der Waals surface area (Å²) < 4.78 is 13.6. The molecule has 1 aromatic heterocycles. The lowest BCUT2D eigenvalue weighted by Gasteiger charge is -2.23. The minimum atomic E-state index is -0.890. The summed E-state index contributed by atoms with van der Waals surface area (Å²) in [6.45, 7) is 0. The predicted octanol–water partition coefficient (Wildman–Crippen LogP) is 3.26. The first-order chi connectivity index (χ1) is 8.19. The van der Waals surface area contributed by atoms with Crippen LogP contribution in [0.25, 0.3) is 0 Å². The zero-order chi connectivity index (χ0) is 11.9. The van der Waals surface area contributed by atoms with Crippen LogP contribution in [-0.2, 0) is 18.4 Å². The molecule has 1 atom stereocenters. The van der Waals surface area contributed by atoms with E-state index in [1.807, 2.05) is 22.9 Å². The molecule has 3 rings (SSSR count). The molecule has 0 fully saturated rings. The van der Waals surface area contributed by atoms with Crippen LogP contribution in [0.15, 0.2) is 35.0 Å². The summed E-state index contributed by atoms with van der Waals surface area (Å²) in [6.07, 6.45) is 1.81. The summed E-state index contributed by atoms with van der Waals surface area (Å²) in [5.74, 6) is -0.191. The molecular formula is C14H13FOS. The van der Waals surface area contributed by atoms with Crippen molar-refractivity contribution in [2.45, 2.75) is 24.9 Å². The molecule has 0 radical (unpaired) electrons. The monoisotopic (exact) mass is 248 g/mol. The van der Waals surface area contributed by atoms with Crippen molar-refractivity contribution in [1.82, 2.24) is 0 Å². The van der Waals surface area contributed by atoms with Crippen molar-refractivity contribution < 1.29 is 9.50 Å². The van der Waals surface area contributed by atoms with E-state index < -0.39 is 5.60 Å². The maximum atomic E-state index is 13.6. The Hall–Kier alpha value is -1.19. The molecular weight excluding hydrogens is 235 g/mol. The lowest BCUT2D eigenvalue weighted by Crippen LogP contribution is -2.25. The van der Waals surface area contributed by atoms with E-state index >= 15 is 0 Å². The fourth-order valence-electron chi connectivity index (χ4n) is 2.63. The minimum absolute atomic E-state index is 0.191. The van der Waals surface area contributed by atoms with Gasteiger partial charge in [-0.1, -0.05) is 12.1 Å². The van der Waals surface area contributed by atoms with Crippen LogP contribution in [-0.4, -0.2) is 5.11 Å². The van der Waals surface area contributed by atoms with Gasteiger partial charge in [-0.05, 0) is 52.4 Å². The second kappa shape index (κ2) is 3.93. The van der Waals surface area contributed by atoms with Crippen LogP contribution in [0.3, 0.4) is 0 Å². The van der Waals surface area contributed by atoms with E-state index in [1.54, 1.807) is 17.4 Å². The molecule has 0 amide bonds. The van der Waals surface area contributed by atoms with Gasteiger partial charge in [-0.15, -0.1) is 0 Å². The first-order valence-corrected chi connectivity index (χ1v) is 6.65. The molecule has 1 aromatic carbocycles. The Kier molecular flexibility index (Phi) is 2.53. The third-order valence-electron chi connectivity index (χ3n) is 3.49. The Labute approximate surface area is 104 Å². The standard InChI is InChI=1S/C14H13FOS/c15-13-3-1-2-12-11(13)4-6-14(12,16)8-10-5-7-17-9-10/h1-3,5,7,9,16H,4,6,8H2. The highest BCUT2D eigenvalue weighted by molar-refractivity contribution is 7.07. The SMILES string of the molecule is OC1(Cc2ccsc2)CCc2c(F)cccc21. The van der Waals surface area contributed by atoms with E-state index in [0.717, 1.165) is 11.1 Å². The van der Waals surface area contributed by atoms with Crippen LogP contribution >= 0.6 is 11.3 Å². The second-order valence-corrected chi connectivity index (χ2v) is 5.39. The van der Waals surface area contributed by atoms with Crippen molar-refractivity contribution in [3.63, 3.8) is 0 Å². The minimum Gasteiger partial charge on any atom is -0.385 e. The van der Waals surface area contributed by atoms with Gasteiger partial charge in [0.15, 0.2) is 0 Å². The smallest absolute Gasteiger partial charge is 0.126 e. The molecule has 1 nitrogen and oxygen atoms in total. The molecule has 88 valence electrons. The van der Waals surface area contributed by atoms with Crippen molar-refractivity contribution in [2.24, 2.45) is 0 Å². The predicted molar refractivity (Wildman–Crippen MR) is 66.6 cm³/mol. The molecule has 2 aromatic rings. The summed E-state index contributed by atoms with van der Waals surface area (Å²) in [4.78, 5) is 0. The van der Waals surface area contributed by atoms with Gasteiger partial charge in [-0.2, -0.15) is 11.3 Å². The van der Waals surface area contributed by atoms with E-state index in [2.05, 4.69) is 0 Å². The van der Waals surface area contributed by atoms with Gasteiger partial charge in [0.05, 0.1) is 5.60 Å². The Bertz CT molecular complexity index is 535. The zero-order valence-electron chi connectivity index (χ0n) is 9.32. The zero-order valence-corrected chi connectivity index (χ0v) is 10.1. The van der Waals surface area contributed by atoms with Gasteiger partial charge in [0.25, 0.3) is 0 Å². The molecule has 0 spiro atoms. The number of fused-ring (bicyclic) bond motifs is 1. The molecule has 3 heteroatoms. The number of aliphatic hydroxyl groups is 1. The number of thiophene rings is 1. The van der Waals surface area contributed by atoms with Gasteiger partial charge in [0, 0.05) is 6.42 Å². The molecule has 0 saturated carbocycles. The van der Waals surface area contributed by atoms with E-state index in [-0.39, 0.29) is 5.82 Å². The Morgan fingerprint density at radius 2 is 2.24 bits per heavy atom. The van der Waals surface area contributed by atoms with E-state index in [4.69, 9.17) is 0 Å². The number of hydrogen-bond donors (Lipinski definition) is 1. The number of halogens is 1. The Balaban J connectivity index is 1.99. The Morgan fingerprint density at radius 3 is 3.00 bits per heavy atom. The third-order valence-corrected chi connectivity index (χ3v) is 4.22. The lowest BCUT2D eigenvalue weighted by atomic mass is 9.90. The second-order valence-electron chi connectivity index (χ2n) is 4.61. The Morgan fingerprint density at radius 1 is 1.35 bits per heavy atom. The maximum absolute atomic E-state index is 13.6. The first-order valence-electron chi connectivity index (χ1n) is 5.70. The van der Waals surface area contributed by atoms with Gasteiger partial charge >= 0.3 is 0 Å². The normalized spacial score (nSPS) is 22.7. The quantitative estimate of drug-likeness (QED) is 0.865. The van der Waals surface area contributed by atoms with E-state index in [1.165, 1.54) is 6.07 Å². The fourth-order valence-corrected chi connectivity index (χ4v) is 3.30. The van der Waals surface area contributed by atoms with E-state index in [0.29, 0.717) is 24.8 Å². The summed E-state index contributed by atoms with van der Waals surface area (Å²) in [5.41, 5.74) is 1.68. The summed E-state index contributed by atoms with van der Waals surface area (Å²) in [7, 11) is 0. The van der Waals surface area contributed by atoms with Gasteiger partial charge in [0.2, 0.25) is 0 Å². The molecule has 0 saturated heterocycles. The largest absolute Gasteiger partial charge is 0.385 e. The summed E-state index contributed by atoms with van der Waals surface area (Å²) in [6, 6.07) is 7.00. The maximum Gasteiger partial charge on any atom is 0.126 e. The van der Waals surface area contributed by atoms with Crippen molar-refractivity contribution in [2.75, 3.05) is 0 Å². The highest BCUT2D eigenvalue weighted by atomic mass is 32.1. The van der Waals surface area contributed by atoms with Crippen molar-refractivity contribution in [1.29, 1.82) is 0 Å². The highest BCUT2D eigenvalue weighted by Crippen LogP contribution is 2.40. The fraction of sp³-hybridized carbons (Fsp3) is 0.286. The molecule has 1 aliphatic rings. The molecule has 17 heavy (non-hydrogen) atoms. The van der Waals surface area contributed by atoms with Gasteiger partial charge in [-0.25, -0.2) is 4.39 Å². The average molecular weight is 248 g/mol. The van der Waals surface area contributed by atoms with Crippen molar-refractivity contribution in [3.8, 4) is 0 Å². The molecule has 1 heterocycles. The molecule has 0 aliphatic heterocycles. The van der Waals surface area contributed by atoms with Crippen LogP contribution in [0, 0.1) is 5.82 Å². The lowest BCUT2D eigenvalue weighted by molar-refractivity contribution is 0.0390. The van der Waals surface area contributed by atoms with Crippen molar-refractivity contribution >= 4 is 11.3 Å². The topological polar surface area (TPSA) is 20.2 Å². The van der Waals surface area contributed by atoms with Crippen molar-refractivity contribution in [3.05, 3.63) is 57.5 Å². The van der Waals surface area contributed by atoms with Crippen LogP contribution in [0.4, 0.5) is 4.39 Å².